The SMILES string of the molecule is NCC1CCC(C(=O)Nc2ccc(Cn3cncn3)cc2)CC1. The Hall–Kier alpha value is -2.21. The number of nitrogens with one attached hydrogen (secondary N) is 1. The van der Waals surface area contributed by atoms with Crippen molar-refractivity contribution in [2.24, 2.45) is 17.6 Å². The third-order valence-electron chi connectivity index (χ3n) is 4.58. The Labute approximate surface area is 136 Å². The molecule has 0 bridgehead atoms. The zero-order valence-corrected chi connectivity index (χ0v) is 13.2. The molecule has 1 amide bonds. The third-order valence-corrected chi connectivity index (χ3v) is 4.58. The van der Waals surface area contributed by atoms with Crippen LogP contribution in [0.25, 0.3) is 0 Å². The molecular weight excluding hydrogens is 290 g/mol. The van der Waals surface area contributed by atoms with Crippen LogP contribution in [0.4, 0.5) is 5.69 Å². The Balaban J connectivity index is 1.52. The van der Waals surface area contributed by atoms with Gasteiger partial charge in [0.2, 0.25) is 5.91 Å². The van der Waals surface area contributed by atoms with Gasteiger partial charge in [-0.3, -0.25) is 4.79 Å². The lowest BCUT2D eigenvalue weighted by atomic mass is 9.81. The summed E-state index contributed by atoms with van der Waals surface area (Å²) in [5.41, 5.74) is 7.67. The van der Waals surface area contributed by atoms with Crippen LogP contribution in [0.3, 0.4) is 0 Å². The Morgan fingerprint density at radius 3 is 2.57 bits per heavy atom. The van der Waals surface area contributed by atoms with Gasteiger partial charge in [-0.15, -0.1) is 0 Å². The number of aromatic nitrogens is 3. The largest absolute Gasteiger partial charge is 0.330 e. The zero-order chi connectivity index (χ0) is 16.1. The molecule has 1 heterocycles. The number of carbonyl (C=O) groups excluding carboxylic acids is 1. The first-order valence-electron chi connectivity index (χ1n) is 8.17. The first kappa shape index (κ1) is 15.7. The van der Waals surface area contributed by atoms with Gasteiger partial charge in [-0.1, -0.05) is 12.1 Å². The van der Waals surface area contributed by atoms with E-state index in [-0.39, 0.29) is 11.8 Å². The van der Waals surface area contributed by atoms with E-state index in [2.05, 4.69) is 15.4 Å². The molecule has 1 saturated carbocycles. The van der Waals surface area contributed by atoms with Crippen LogP contribution in [-0.2, 0) is 11.3 Å². The highest BCUT2D eigenvalue weighted by Gasteiger charge is 2.25. The molecule has 6 heteroatoms. The number of hydrogen-bond acceptors (Lipinski definition) is 4. The molecule has 0 spiro atoms. The lowest BCUT2D eigenvalue weighted by Crippen LogP contribution is -2.29. The van der Waals surface area contributed by atoms with Crippen molar-refractivity contribution in [3.63, 3.8) is 0 Å². The summed E-state index contributed by atoms with van der Waals surface area (Å²) in [5.74, 6) is 0.840. The lowest BCUT2D eigenvalue weighted by Gasteiger charge is -2.26. The maximum absolute atomic E-state index is 12.3. The van der Waals surface area contributed by atoms with Crippen LogP contribution in [0.2, 0.25) is 0 Å². The second kappa shape index (κ2) is 7.37. The molecule has 3 rings (SSSR count). The van der Waals surface area contributed by atoms with Gasteiger partial charge < -0.3 is 11.1 Å². The van der Waals surface area contributed by atoms with Crippen LogP contribution >= 0.6 is 0 Å². The summed E-state index contributed by atoms with van der Waals surface area (Å²) in [5, 5.41) is 7.11. The minimum absolute atomic E-state index is 0.118. The first-order chi connectivity index (χ1) is 11.2. The maximum atomic E-state index is 12.3. The number of rotatable bonds is 5. The average molecular weight is 313 g/mol. The van der Waals surface area contributed by atoms with Gasteiger partial charge in [0.1, 0.15) is 12.7 Å². The standard InChI is InChI=1S/C17H23N5O/c18-9-13-1-5-15(6-2-13)17(23)21-16-7-3-14(4-8-16)10-22-12-19-11-20-22/h3-4,7-8,11-13,15H,1-2,5-6,9-10,18H2,(H,21,23). The van der Waals surface area contributed by atoms with Crippen LogP contribution in [0.15, 0.2) is 36.9 Å². The number of hydrogen-bond donors (Lipinski definition) is 2. The Morgan fingerprint density at radius 1 is 1.22 bits per heavy atom. The van der Waals surface area contributed by atoms with Gasteiger partial charge in [0.25, 0.3) is 0 Å². The third kappa shape index (κ3) is 4.16. The van der Waals surface area contributed by atoms with E-state index in [9.17, 15) is 4.79 Å². The molecule has 0 atom stereocenters. The molecule has 6 nitrogen and oxygen atoms in total. The highest BCUT2D eigenvalue weighted by atomic mass is 16.1. The number of amides is 1. The molecule has 0 radical (unpaired) electrons. The van der Waals surface area contributed by atoms with Crippen LogP contribution in [0, 0.1) is 11.8 Å². The first-order valence-corrected chi connectivity index (χ1v) is 8.17. The normalized spacial score (nSPS) is 21.1. The monoisotopic (exact) mass is 313 g/mol. The summed E-state index contributed by atoms with van der Waals surface area (Å²) in [6.07, 6.45) is 7.22. The molecule has 0 aliphatic heterocycles. The van der Waals surface area contributed by atoms with Gasteiger partial charge >= 0.3 is 0 Å². The van der Waals surface area contributed by atoms with E-state index < -0.39 is 0 Å². The summed E-state index contributed by atoms with van der Waals surface area (Å²) in [6.45, 7) is 1.42. The molecule has 0 saturated heterocycles. The van der Waals surface area contributed by atoms with E-state index in [1.165, 1.54) is 6.33 Å². The topological polar surface area (TPSA) is 85.8 Å². The summed E-state index contributed by atoms with van der Waals surface area (Å²) in [7, 11) is 0. The highest BCUT2D eigenvalue weighted by molar-refractivity contribution is 5.92. The minimum atomic E-state index is 0.118. The Bertz CT molecular complexity index is 615. The molecule has 1 aromatic carbocycles. The van der Waals surface area contributed by atoms with Crippen LogP contribution < -0.4 is 11.1 Å². The van der Waals surface area contributed by atoms with E-state index >= 15 is 0 Å². The van der Waals surface area contributed by atoms with Gasteiger partial charge in [0, 0.05) is 11.6 Å². The van der Waals surface area contributed by atoms with Crippen molar-refractivity contribution in [3.05, 3.63) is 42.5 Å². The van der Waals surface area contributed by atoms with Crippen molar-refractivity contribution in [1.29, 1.82) is 0 Å². The van der Waals surface area contributed by atoms with Gasteiger partial charge in [-0.2, -0.15) is 5.10 Å². The van der Waals surface area contributed by atoms with Crippen LogP contribution in [0.5, 0.6) is 0 Å². The van der Waals surface area contributed by atoms with E-state index in [1.54, 1.807) is 11.0 Å². The molecule has 122 valence electrons. The summed E-state index contributed by atoms with van der Waals surface area (Å²) >= 11 is 0. The maximum Gasteiger partial charge on any atom is 0.227 e. The fraction of sp³-hybridized carbons (Fsp3) is 0.471. The second-order valence-corrected chi connectivity index (χ2v) is 6.23. The summed E-state index contributed by atoms with van der Waals surface area (Å²) < 4.78 is 1.77. The van der Waals surface area contributed by atoms with Crippen LogP contribution in [-0.4, -0.2) is 27.2 Å². The van der Waals surface area contributed by atoms with E-state index in [4.69, 9.17) is 5.73 Å². The fourth-order valence-electron chi connectivity index (χ4n) is 3.10. The van der Waals surface area contributed by atoms with Crippen molar-refractivity contribution in [3.8, 4) is 0 Å². The Morgan fingerprint density at radius 2 is 1.96 bits per heavy atom. The van der Waals surface area contributed by atoms with E-state index in [1.807, 2.05) is 24.3 Å². The van der Waals surface area contributed by atoms with Gasteiger partial charge in [0.05, 0.1) is 6.54 Å². The number of benzene rings is 1. The number of nitrogens with two attached hydrogens (primary N) is 1. The molecular formula is C17H23N5O. The smallest absolute Gasteiger partial charge is 0.227 e. The quantitative estimate of drug-likeness (QED) is 0.884. The predicted molar refractivity (Wildman–Crippen MR) is 88.7 cm³/mol. The van der Waals surface area contributed by atoms with Gasteiger partial charge in [0.15, 0.2) is 0 Å². The average Bonchev–Trinajstić information content (AvgIpc) is 3.10. The summed E-state index contributed by atoms with van der Waals surface area (Å²) in [6, 6.07) is 7.89. The molecule has 0 unspecified atom stereocenters. The molecule has 23 heavy (non-hydrogen) atoms. The fourth-order valence-corrected chi connectivity index (χ4v) is 3.10. The molecule has 2 aromatic rings. The Kier molecular flexibility index (Phi) is 5.02. The highest BCUT2D eigenvalue weighted by Crippen LogP contribution is 2.29. The molecule has 1 fully saturated rings. The van der Waals surface area contributed by atoms with Gasteiger partial charge in [-0.25, -0.2) is 9.67 Å². The second-order valence-electron chi connectivity index (χ2n) is 6.23. The van der Waals surface area contributed by atoms with Gasteiger partial charge in [-0.05, 0) is 55.8 Å². The van der Waals surface area contributed by atoms with Crippen molar-refractivity contribution in [2.45, 2.75) is 32.2 Å². The lowest BCUT2D eigenvalue weighted by molar-refractivity contribution is -0.121. The van der Waals surface area contributed by atoms with Crippen molar-refractivity contribution < 1.29 is 4.79 Å². The van der Waals surface area contributed by atoms with Crippen LogP contribution in [0.1, 0.15) is 31.2 Å². The van der Waals surface area contributed by atoms with Crippen molar-refractivity contribution in [1.82, 2.24) is 14.8 Å². The minimum Gasteiger partial charge on any atom is -0.330 e. The van der Waals surface area contributed by atoms with E-state index in [0.29, 0.717) is 12.5 Å². The summed E-state index contributed by atoms with van der Waals surface area (Å²) in [4.78, 5) is 16.3. The van der Waals surface area contributed by atoms with Crippen molar-refractivity contribution >= 4 is 11.6 Å². The molecule has 1 aliphatic carbocycles. The zero-order valence-electron chi connectivity index (χ0n) is 13.2. The number of nitrogens with zero attached hydrogens (tertiary/aromatic N) is 3. The van der Waals surface area contributed by atoms with E-state index in [0.717, 1.165) is 43.5 Å². The molecule has 3 N–H and O–H groups in total. The van der Waals surface area contributed by atoms with Crippen molar-refractivity contribution in [2.75, 3.05) is 11.9 Å². The predicted octanol–water partition coefficient (Wildman–Crippen LogP) is 2.03. The molecule has 1 aromatic heterocycles. The number of anilines is 1. The number of carbonyl (C=O) groups is 1. The molecule has 1 aliphatic rings.